The van der Waals surface area contributed by atoms with Crippen LogP contribution >= 0.6 is 0 Å². The van der Waals surface area contributed by atoms with Crippen LogP contribution in [0.5, 0.6) is 23.0 Å². The molecule has 5 aromatic carbocycles. The van der Waals surface area contributed by atoms with Crippen LogP contribution in [-0.4, -0.2) is 71.4 Å². The van der Waals surface area contributed by atoms with Crippen LogP contribution in [-0.2, 0) is 9.53 Å². The van der Waals surface area contributed by atoms with Crippen LogP contribution in [0.4, 0.5) is 5.69 Å². The van der Waals surface area contributed by atoms with E-state index in [4.69, 9.17) is 33.7 Å². The Balaban J connectivity index is 0.844. The van der Waals surface area contributed by atoms with Gasteiger partial charge in [-0.1, -0.05) is 178 Å². The molecule has 13 rings (SSSR count). The van der Waals surface area contributed by atoms with E-state index in [1.54, 1.807) is 24.3 Å². The highest BCUT2D eigenvalue weighted by Crippen LogP contribution is 2.52. The summed E-state index contributed by atoms with van der Waals surface area (Å²) >= 11 is 0. The Kier molecular flexibility index (Phi) is 22.4. The molecule has 0 unspecified atom stereocenters. The van der Waals surface area contributed by atoms with E-state index in [0.29, 0.717) is 54.8 Å². The minimum Gasteiger partial charge on any atom is -0.494 e. The van der Waals surface area contributed by atoms with Gasteiger partial charge >= 0.3 is 11.9 Å². The van der Waals surface area contributed by atoms with Gasteiger partial charge in [0.1, 0.15) is 23.0 Å². The second-order valence-electron chi connectivity index (χ2n) is 27.2. The summed E-state index contributed by atoms with van der Waals surface area (Å²) in [5, 5.41) is 0. The smallest absolute Gasteiger partial charge is 0.349 e. The number of benzene rings is 5. The third-order valence-corrected chi connectivity index (χ3v) is 20.3. The fraction of sp³-hybridized carbons (Fsp3) is 0.372. The van der Waals surface area contributed by atoms with Crippen LogP contribution in [0, 0.1) is 23.7 Å². The number of unbranched alkanes of at least 4 members (excludes halogenated alkanes) is 15. The summed E-state index contributed by atoms with van der Waals surface area (Å²) in [6.07, 6.45) is 36.1. The van der Waals surface area contributed by atoms with Crippen LogP contribution in [0.15, 0.2) is 158 Å². The van der Waals surface area contributed by atoms with Gasteiger partial charge < -0.3 is 38.6 Å². The van der Waals surface area contributed by atoms with Gasteiger partial charge in [0.05, 0.1) is 48.2 Å². The molecule has 8 aromatic rings. The largest absolute Gasteiger partial charge is 0.494 e. The number of hydrogen-bond acceptors (Lipinski definition) is 10. The maximum atomic E-state index is 13.4. The number of nitrogens with one attached hydrogen (secondary N) is 2. The number of hydrogen-bond donors (Lipinski definition) is 2. The Morgan fingerprint density at radius 2 is 0.745 bits per heavy atom. The van der Waals surface area contributed by atoms with Crippen molar-refractivity contribution in [1.29, 1.82) is 0 Å². The van der Waals surface area contributed by atoms with Crippen molar-refractivity contribution in [2.75, 3.05) is 44.4 Å². The van der Waals surface area contributed by atoms with E-state index in [1.807, 2.05) is 24.3 Å². The third-order valence-electron chi connectivity index (χ3n) is 20.3. The molecule has 2 fully saturated rings. The standard InChI is InChI=1S/C86H95N5O7/c1-4-7-10-13-16-19-52-94-67-36-26-59(27-37-67)82-73-44-46-75(87-73)83(60-28-38-68(39-29-60)95-53-20-17-14-11-8-5-2)77-48-50-79(89-77)85(80-51-49-78(90-80)84(76-47-45-74(82)88-76)61-30-40-69(41-31-61)96-54-21-18-15-12-9-6-3)62-32-42-70(43-33-62)98-81(92)58-97-86(93)63-24-34-66(35-25-63)91-56-71-64-22-23-65(55-64)72(71)57-91/h22-51,64-65,71-72,87,90H,4-21,52-58H2,1-3H3/t64-,65+,71-,72+. The number of ether oxygens (including phenoxy) is 5. The highest BCUT2D eigenvalue weighted by atomic mass is 16.6. The highest BCUT2D eigenvalue weighted by Gasteiger charge is 2.49. The van der Waals surface area contributed by atoms with Gasteiger partial charge in [-0.05, 0) is 193 Å². The number of aromatic amines is 2. The first-order valence-electron chi connectivity index (χ1n) is 36.6. The van der Waals surface area contributed by atoms with Crippen molar-refractivity contribution in [2.24, 2.45) is 23.7 Å². The number of aromatic nitrogens is 4. The Labute approximate surface area is 578 Å². The number of rotatable bonds is 33. The molecule has 12 nitrogen and oxygen atoms in total. The van der Waals surface area contributed by atoms with Crippen molar-refractivity contribution in [3.63, 3.8) is 0 Å². The van der Waals surface area contributed by atoms with Gasteiger partial charge in [-0.25, -0.2) is 19.6 Å². The molecule has 12 heteroatoms. The molecule has 3 aromatic heterocycles. The normalized spacial score (nSPS) is 16.4. The lowest BCUT2D eigenvalue weighted by Gasteiger charge is -2.21. The summed E-state index contributed by atoms with van der Waals surface area (Å²) in [7, 11) is 0. The molecule has 4 atom stereocenters. The number of H-pyrrole nitrogens is 2. The van der Waals surface area contributed by atoms with Crippen LogP contribution in [0.3, 0.4) is 0 Å². The molecule has 506 valence electrons. The van der Waals surface area contributed by atoms with E-state index < -0.39 is 18.5 Å². The number of nitrogens with zero attached hydrogens (tertiary/aromatic N) is 3. The average molecular weight is 1310 g/mol. The number of fused-ring (bicyclic) bond motifs is 13. The van der Waals surface area contributed by atoms with Gasteiger partial charge in [0.25, 0.3) is 0 Å². The maximum absolute atomic E-state index is 13.4. The molecule has 10 bridgehead atoms. The molecular formula is C86H95N5O7. The Morgan fingerprint density at radius 1 is 0.408 bits per heavy atom. The lowest BCUT2D eigenvalue weighted by atomic mass is 9.86. The highest BCUT2D eigenvalue weighted by molar-refractivity contribution is 6.00. The van der Waals surface area contributed by atoms with Crippen LogP contribution in [0.2, 0.25) is 0 Å². The molecule has 2 aliphatic carbocycles. The van der Waals surface area contributed by atoms with Crippen molar-refractivity contribution in [3.8, 4) is 67.5 Å². The van der Waals surface area contributed by atoms with Gasteiger partial charge in [0.2, 0.25) is 0 Å². The maximum Gasteiger partial charge on any atom is 0.349 e. The summed E-state index contributed by atoms with van der Waals surface area (Å²) < 4.78 is 30.4. The lowest BCUT2D eigenvalue weighted by molar-refractivity contribution is -0.137. The Hall–Kier alpha value is -9.42. The first-order valence-corrected chi connectivity index (χ1v) is 36.6. The van der Waals surface area contributed by atoms with E-state index in [1.165, 1.54) is 89.9 Å². The van der Waals surface area contributed by atoms with Crippen molar-refractivity contribution < 1.29 is 33.3 Å². The summed E-state index contributed by atoms with van der Waals surface area (Å²) in [6.45, 7) is 10.3. The van der Waals surface area contributed by atoms with Gasteiger partial charge in [-0.2, -0.15) is 0 Å². The zero-order chi connectivity index (χ0) is 67.0. The minimum absolute atomic E-state index is 0.310. The topological polar surface area (TPSA) is 141 Å². The van der Waals surface area contributed by atoms with Crippen LogP contribution in [0.1, 0.15) is 176 Å². The van der Waals surface area contributed by atoms with Crippen LogP contribution < -0.4 is 23.8 Å². The number of anilines is 1. The molecule has 3 aliphatic heterocycles. The number of esters is 2. The van der Waals surface area contributed by atoms with E-state index in [2.05, 4.69) is 169 Å². The predicted molar refractivity (Wildman–Crippen MR) is 400 cm³/mol. The molecule has 2 N–H and O–H groups in total. The van der Waals surface area contributed by atoms with Crippen molar-refractivity contribution in [3.05, 3.63) is 186 Å². The van der Waals surface area contributed by atoms with Crippen molar-refractivity contribution >= 4 is 64.0 Å². The second kappa shape index (κ2) is 32.8. The van der Waals surface area contributed by atoms with Crippen molar-refractivity contribution in [1.82, 2.24) is 19.9 Å². The first-order chi connectivity index (χ1) is 48.3. The molecule has 98 heavy (non-hydrogen) atoms. The molecule has 0 spiro atoms. The zero-order valence-corrected chi connectivity index (χ0v) is 57.5. The molecule has 1 saturated carbocycles. The Morgan fingerprint density at radius 3 is 1.10 bits per heavy atom. The first kappa shape index (κ1) is 67.2. The molecule has 1 saturated heterocycles. The fourth-order valence-electron chi connectivity index (χ4n) is 15.0. The van der Waals surface area contributed by atoms with E-state index >= 15 is 0 Å². The second-order valence-corrected chi connectivity index (χ2v) is 27.2. The molecule has 5 aliphatic rings. The number of carbonyl (C=O) groups excluding carboxylic acids is 2. The van der Waals surface area contributed by atoms with E-state index in [9.17, 15) is 9.59 Å². The summed E-state index contributed by atoms with van der Waals surface area (Å²) in [4.78, 5) is 48.1. The summed E-state index contributed by atoms with van der Waals surface area (Å²) in [6, 6.07) is 48.7. The fourth-order valence-corrected chi connectivity index (χ4v) is 15.0. The SMILES string of the molecule is CCCCCCCCOc1ccc(-c2c3nc(c(-c4ccc(OCCCCCCCC)cc4)c4ccc([nH]4)c(-c4ccc(OC(=O)COC(=O)c5ccc(N6C[C@@H]7[C@H](C6)[C@@H]6C=C[C@H]7C6)cc5)cc4)c4nc(c(-c5ccc(OCCCCCCCC)cc5)c5ccc2[nH]5)C=C4)C=C3)cc1. The molecule has 0 radical (unpaired) electrons. The summed E-state index contributed by atoms with van der Waals surface area (Å²) in [5.74, 6) is 4.33. The minimum atomic E-state index is -0.688. The number of carbonyl (C=O) groups is 2. The molecular weight excluding hydrogens is 1210 g/mol. The molecule has 6 heterocycles. The van der Waals surface area contributed by atoms with Gasteiger partial charge in [-0.15, -0.1) is 0 Å². The van der Waals surface area contributed by atoms with Gasteiger partial charge in [-0.3, -0.25) is 0 Å². The van der Waals surface area contributed by atoms with Gasteiger partial charge in [0.15, 0.2) is 6.61 Å². The average Bonchev–Trinajstić information content (AvgIpc) is 1.61. The Bertz CT molecular complexity index is 4200. The monoisotopic (exact) mass is 1310 g/mol. The van der Waals surface area contributed by atoms with Crippen LogP contribution in [0.25, 0.3) is 90.9 Å². The zero-order valence-electron chi connectivity index (χ0n) is 57.5. The quantitative estimate of drug-likeness (QED) is 0.0177. The third kappa shape index (κ3) is 16.2. The van der Waals surface area contributed by atoms with E-state index in [-0.39, 0.29) is 0 Å². The molecule has 0 amide bonds. The lowest BCUT2D eigenvalue weighted by Crippen LogP contribution is -2.22. The van der Waals surface area contributed by atoms with Crippen molar-refractivity contribution in [2.45, 2.75) is 143 Å². The number of allylic oxidation sites excluding steroid dienone is 2. The van der Waals surface area contributed by atoms with Gasteiger partial charge in [0, 0.05) is 63.1 Å². The predicted octanol–water partition coefficient (Wildman–Crippen LogP) is 21.6. The van der Waals surface area contributed by atoms with E-state index in [0.717, 1.165) is 157 Å². The summed E-state index contributed by atoms with van der Waals surface area (Å²) in [5.41, 5.74) is 15.4.